The molecular weight excluding hydrogens is 196 g/mol. The first-order valence-corrected chi connectivity index (χ1v) is 5.29. The number of thioether (sulfide) groups is 1. The second-order valence-electron chi connectivity index (χ2n) is 2.60. The van der Waals surface area contributed by atoms with Crippen molar-refractivity contribution in [2.24, 2.45) is 0 Å². The molecule has 2 nitrogen and oxygen atoms in total. The fraction of sp³-hybridized carbons (Fsp3) is 0.182. The van der Waals surface area contributed by atoms with Gasteiger partial charge in [-0.1, -0.05) is 17.9 Å². The highest BCUT2D eigenvalue weighted by atomic mass is 32.2. The van der Waals surface area contributed by atoms with Crippen molar-refractivity contribution in [3.8, 4) is 11.8 Å². The van der Waals surface area contributed by atoms with Gasteiger partial charge in [-0.3, -0.25) is 4.79 Å². The van der Waals surface area contributed by atoms with Crippen LogP contribution < -0.4 is 0 Å². The van der Waals surface area contributed by atoms with Crippen LogP contribution in [0.3, 0.4) is 0 Å². The zero-order valence-corrected chi connectivity index (χ0v) is 8.60. The van der Waals surface area contributed by atoms with Crippen molar-refractivity contribution in [3.63, 3.8) is 0 Å². The van der Waals surface area contributed by atoms with E-state index in [0.717, 1.165) is 10.5 Å². The molecule has 0 aliphatic rings. The zero-order chi connectivity index (χ0) is 10.4. The van der Waals surface area contributed by atoms with Gasteiger partial charge >= 0.3 is 5.97 Å². The Hall–Kier alpha value is -1.40. The number of carboxylic acids is 1. The molecular formula is C11H10O2S. The molecule has 1 rings (SSSR count). The van der Waals surface area contributed by atoms with Crippen LogP contribution in [0.25, 0.3) is 0 Å². The summed E-state index contributed by atoms with van der Waals surface area (Å²) in [5.41, 5.74) is 0.859. The van der Waals surface area contributed by atoms with E-state index in [2.05, 4.69) is 11.8 Å². The predicted octanol–water partition coefficient (Wildman–Crippen LogP) is 2.23. The summed E-state index contributed by atoms with van der Waals surface area (Å²) in [5.74, 6) is 4.51. The average Bonchev–Trinajstić information content (AvgIpc) is 2.18. The molecule has 1 aromatic carbocycles. The van der Waals surface area contributed by atoms with Gasteiger partial charge in [0.05, 0.1) is 0 Å². The summed E-state index contributed by atoms with van der Waals surface area (Å²) in [7, 11) is 0. The van der Waals surface area contributed by atoms with E-state index in [-0.39, 0.29) is 6.42 Å². The Morgan fingerprint density at radius 2 is 2.36 bits per heavy atom. The number of benzene rings is 1. The number of rotatable bonds is 2. The molecule has 1 aromatic rings. The van der Waals surface area contributed by atoms with Crippen LogP contribution in [-0.2, 0) is 4.79 Å². The molecule has 0 heterocycles. The van der Waals surface area contributed by atoms with Crippen molar-refractivity contribution in [1.29, 1.82) is 0 Å². The molecule has 1 N–H and O–H groups in total. The van der Waals surface area contributed by atoms with E-state index >= 15 is 0 Å². The van der Waals surface area contributed by atoms with Gasteiger partial charge in [0, 0.05) is 10.5 Å². The van der Waals surface area contributed by atoms with Crippen LogP contribution in [0.4, 0.5) is 0 Å². The third-order valence-corrected chi connectivity index (χ3v) is 2.27. The maximum atomic E-state index is 10.2. The number of hydrogen-bond acceptors (Lipinski definition) is 2. The van der Waals surface area contributed by atoms with Crippen LogP contribution in [-0.4, -0.2) is 17.3 Å². The van der Waals surface area contributed by atoms with Crippen molar-refractivity contribution in [1.82, 2.24) is 0 Å². The number of hydrogen-bond donors (Lipinski definition) is 1. The molecule has 3 heteroatoms. The van der Waals surface area contributed by atoms with Crippen LogP contribution in [0.5, 0.6) is 0 Å². The van der Waals surface area contributed by atoms with E-state index in [1.165, 1.54) is 0 Å². The highest BCUT2D eigenvalue weighted by Gasteiger charge is 1.91. The van der Waals surface area contributed by atoms with Gasteiger partial charge in [0.2, 0.25) is 0 Å². The van der Waals surface area contributed by atoms with E-state index in [4.69, 9.17) is 5.11 Å². The molecule has 0 saturated heterocycles. The van der Waals surface area contributed by atoms with Crippen molar-refractivity contribution in [3.05, 3.63) is 29.8 Å². The first-order chi connectivity index (χ1) is 6.72. The van der Waals surface area contributed by atoms with Crippen molar-refractivity contribution < 1.29 is 9.90 Å². The summed E-state index contributed by atoms with van der Waals surface area (Å²) in [6.07, 6.45) is 1.88. The molecule has 0 amide bonds. The van der Waals surface area contributed by atoms with E-state index in [1.807, 2.05) is 30.5 Å². The van der Waals surface area contributed by atoms with Gasteiger partial charge in [-0.2, -0.15) is 0 Å². The van der Waals surface area contributed by atoms with Crippen molar-refractivity contribution >= 4 is 17.7 Å². The standard InChI is InChI=1S/C11H10O2S/c1-14-10-6-2-4-9(8-10)5-3-7-11(12)13/h2,4,6,8H,7H2,1H3,(H,12,13). The van der Waals surface area contributed by atoms with Gasteiger partial charge in [-0.15, -0.1) is 11.8 Å². The van der Waals surface area contributed by atoms with Crippen LogP contribution in [0.1, 0.15) is 12.0 Å². The second-order valence-corrected chi connectivity index (χ2v) is 3.48. The van der Waals surface area contributed by atoms with Crippen molar-refractivity contribution in [2.45, 2.75) is 11.3 Å². The molecule has 0 saturated carbocycles. The fourth-order valence-corrected chi connectivity index (χ4v) is 1.38. The van der Waals surface area contributed by atoms with E-state index < -0.39 is 5.97 Å². The highest BCUT2D eigenvalue weighted by molar-refractivity contribution is 7.98. The highest BCUT2D eigenvalue weighted by Crippen LogP contribution is 2.14. The summed E-state index contributed by atoms with van der Waals surface area (Å²) in [6, 6.07) is 7.72. The Kier molecular flexibility index (Phi) is 4.09. The molecule has 0 aliphatic carbocycles. The van der Waals surface area contributed by atoms with E-state index in [0.29, 0.717) is 0 Å². The number of aliphatic carboxylic acids is 1. The first-order valence-electron chi connectivity index (χ1n) is 4.07. The van der Waals surface area contributed by atoms with Crippen LogP contribution in [0.2, 0.25) is 0 Å². The SMILES string of the molecule is CSc1cccc(C#CCC(=O)O)c1. The number of carboxylic acid groups (broad SMARTS) is 1. The van der Waals surface area contributed by atoms with E-state index in [9.17, 15) is 4.79 Å². The molecule has 0 fully saturated rings. The lowest BCUT2D eigenvalue weighted by Gasteiger charge is -1.95. The summed E-state index contributed by atoms with van der Waals surface area (Å²) in [6.45, 7) is 0. The van der Waals surface area contributed by atoms with Crippen LogP contribution in [0, 0.1) is 11.8 Å². The summed E-state index contributed by atoms with van der Waals surface area (Å²) in [4.78, 5) is 11.3. The average molecular weight is 206 g/mol. The quantitative estimate of drug-likeness (QED) is 0.595. The monoisotopic (exact) mass is 206 g/mol. The van der Waals surface area contributed by atoms with Gasteiger partial charge in [0.25, 0.3) is 0 Å². The summed E-state index contributed by atoms with van der Waals surface area (Å²) >= 11 is 1.64. The maximum Gasteiger partial charge on any atom is 0.315 e. The first kappa shape index (κ1) is 10.7. The normalized spacial score (nSPS) is 8.93. The van der Waals surface area contributed by atoms with Gasteiger partial charge in [-0.05, 0) is 24.5 Å². The van der Waals surface area contributed by atoms with Gasteiger partial charge < -0.3 is 5.11 Å². The Balaban J connectivity index is 2.74. The summed E-state index contributed by atoms with van der Waals surface area (Å²) in [5, 5.41) is 8.39. The Morgan fingerprint density at radius 3 is 3.00 bits per heavy atom. The zero-order valence-electron chi connectivity index (χ0n) is 7.78. The lowest BCUT2D eigenvalue weighted by atomic mass is 10.2. The largest absolute Gasteiger partial charge is 0.481 e. The lowest BCUT2D eigenvalue weighted by molar-refractivity contribution is -0.135. The molecule has 72 valence electrons. The minimum Gasteiger partial charge on any atom is -0.481 e. The smallest absolute Gasteiger partial charge is 0.315 e. The Bertz CT molecular complexity index is 388. The second kappa shape index (κ2) is 5.36. The lowest BCUT2D eigenvalue weighted by Crippen LogP contribution is -1.90. The maximum absolute atomic E-state index is 10.2. The van der Waals surface area contributed by atoms with Crippen molar-refractivity contribution in [2.75, 3.05) is 6.26 Å². The van der Waals surface area contributed by atoms with Gasteiger partial charge in [0.15, 0.2) is 0 Å². The molecule has 0 bridgehead atoms. The minimum atomic E-state index is -0.890. The fourth-order valence-electron chi connectivity index (χ4n) is 0.923. The number of carbonyl (C=O) groups is 1. The molecule has 0 aliphatic heterocycles. The predicted molar refractivity (Wildman–Crippen MR) is 57.4 cm³/mol. The molecule has 0 spiro atoms. The molecule has 0 atom stereocenters. The third kappa shape index (κ3) is 3.55. The Morgan fingerprint density at radius 1 is 1.57 bits per heavy atom. The summed E-state index contributed by atoms with van der Waals surface area (Å²) < 4.78 is 0. The van der Waals surface area contributed by atoms with Crippen LogP contribution >= 0.6 is 11.8 Å². The Labute approximate surface area is 87.3 Å². The molecule has 14 heavy (non-hydrogen) atoms. The van der Waals surface area contributed by atoms with E-state index in [1.54, 1.807) is 11.8 Å². The molecule has 0 radical (unpaired) electrons. The van der Waals surface area contributed by atoms with Gasteiger partial charge in [-0.25, -0.2) is 0 Å². The molecule has 0 unspecified atom stereocenters. The van der Waals surface area contributed by atoms with Gasteiger partial charge in [0.1, 0.15) is 6.42 Å². The minimum absolute atomic E-state index is 0.108. The third-order valence-electron chi connectivity index (χ3n) is 1.54. The topological polar surface area (TPSA) is 37.3 Å². The molecule has 0 aromatic heterocycles. The van der Waals surface area contributed by atoms with Crippen LogP contribution in [0.15, 0.2) is 29.2 Å².